The molecule has 6 heteroatoms. The summed E-state index contributed by atoms with van der Waals surface area (Å²) in [6.45, 7) is 2.51. The summed E-state index contributed by atoms with van der Waals surface area (Å²) >= 11 is 0. The van der Waals surface area contributed by atoms with Gasteiger partial charge in [-0.15, -0.1) is 0 Å². The molecule has 0 saturated heterocycles. The van der Waals surface area contributed by atoms with Gasteiger partial charge in [-0.3, -0.25) is 9.79 Å². The number of benzene rings is 1. The number of fused-ring (bicyclic) bond motifs is 2. The van der Waals surface area contributed by atoms with Gasteiger partial charge in [-0.05, 0) is 30.2 Å². The van der Waals surface area contributed by atoms with Crippen LogP contribution in [0, 0.1) is 0 Å². The van der Waals surface area contributed by atoms with E-state index in [0.29, 0.717) is 29.3 Å². The second-order valence-corrected chi connectivity index (χ2v) is 6.10. The maximum Gasteiger partial charge on any atom is 0.251 e. The molecule has 4 rings (SSSR count). The van der Waals surface area contributed by atoms with Crippen LogP contribution in [0.5, 0.6) is 0 Å². The highest BCUT2D eigenvalue weighted by molar-refractivity contribution is 6.15. The van der Waals surface area contributed by atoms with E-state index in [1.807, 2.05) is 37.3 Å². The number of carbonyl (C=O) groups is 1. The average molecular weight is 346 g/mol. The fourth-order valence-electron chi connectivity index (χ4n) is 3.22. The van der Waals surface area contributed by atoms with Gasteiger partial charge in [0.15, 0.2) is 11.4 Å². The molecule has 3 N–H and O–H groups in total. The van der Waals surface area contributed by atoms with Crippen LogP contribution in [-0.2, 0) is 6.54 Å². The highest BCUT2D eigenvalue weighted by Gasteiger charge is 2.21. The Morgan fingerprint density at radius 2 is 2.23 bits per heavy atom. The van der Waals surface area contributed by atoms with Gasteiger partial charge < -0.3 is 15.5 Å². The van der Waals surface area contributed by atoms with E-state index in [-0.39, 0.29) is 5.91 Å². The lowest BCUT2D eigenvalue weighted by Gasteiger charge is -2.03. The summed E-state index contributed by atoms with van der Waals surface area (Å²) < 4.78 is 6.00. The highest BCUT2D eigenvalue weighted by atomic mass is 16.3. The van der Waals surface area contributed by atoms with E-state index in [9.17, 15) is 4.79 Å². The predicted molar refractivity (Wildman–Crippen MR) is 103 cm³/mol. The van der Waals surface area contributed by atoms with Crippen molar-refractivity contribution in [1.29, 1.82) is 0 Å². The van der Waals surface area contributed by atoms with Crippen LogP contribution < -0.4 is 11.1 Å². The van der Waals surface area contributed by atoms with Crippen molar-refractivity contribution >= 4 is 34.5 Å². The molecule has 1 aliphatic heterocycles. The second kappa shape index (κ2) is 6.15. The third-order valence-corrected chi connectivity index (χ3v) is 4.56. The van der Waals surface area contributed by atoms with Gasteiger partial charge in [-0.1, -0.05) is 18.2 Å². The Hall–Kier alpha value is -3.41. The first-order valence-electron chi connectivity index (χ1n) is 8.30. The number of nitrogens with two attached hydrogens (primary N) is 1. The monoisotopic (exact) mass is 346 g/mol. The molecular formula is C20H18N4O2. The lowest BCUT2D eigenvalue weighted by molar-refractivity contribution is 0.0966. The van der Waals surface area contributed by atoms with Crippen LogP contribution in [-0.4, -0.2) is 24.2 Å². The van der Waals surface area contributed by atoms with E-state index < -0.39 is 0 Å². The van der Waals surface area contributed by atoms with Crippen molar-refractivity contribution in [2.45, 2.75) is 13.5 Å². The molecule has 1 amide bonds. The molecule has 6 nitrogen and oxygen atoms in total. The van der Waals surface area contributed by atoms with E-state index in [2.05, 4.69) is 15.3 Å². The molecule has 0 spiro atoms. The quantitative estimate of drug-likeness (QED) is 0.711. The molecule has 3 aromatic rings. The third kappa shape index (κ3) is 2.47. The number of hydrogen-bond acceptors (Lipinski definition) is 5. The molecular weight excluding hydrogens is 328 g/mol. The van der Waals surface area contributed by atoms with Gasteiger partial charge >= 0.3 is 0 Å². The van der Waals surface area contributed by atoms with Crippen molar-refractivity contribution in [3.63, 3.8) is 0 Å². The fourth-order valence-corrected chi connectivity index (χ4v) is 3.22. The predicted octanol–water partition coefficient (Wildman–Crippen LogP) is 3.42. The maximum absolute atomic E-state index is 11.9. The number of anilines is 1. The maximum atomic E-state index is 11.9. The number of amides is 1. The second-order valence-electron chi connectivity index (χ2n) is 6.10. The van der Waals surface area contributed by atoms with Gasteiger partial charge in [0.1, 0.15) is 5.76 Å². The summed E-state index contributed by atoms with van der Waals surface area (Å²) in [7, 11) is 1.72. The zero-order valence-electron chi connectivity index (χ0n) is 14.5. The Kier molecular flexibility index (Phi) is 3.80. The van der Waals surface area contributed by atoms with E-state index in [0.717, 1.165) is 27.6 Å². The molecule has 0 fully saturated rings. The molecule has 130 valence electrons. The number of furan rings is 1. The van der Waals surface area contributed by atoms with Crippen LogP contribution in [0.2, 0.25) is 0 Å². The SMILES string of the molecule is C/C=C(\C=NC)c1cnc(N)c2oc(-c3ccc4c(c3)C(=O)NC4)cc12. The number of rotatable bonds is 3. The fraction of sp³-hybridized carbons (Fsp3) is 0.150. The molecule has 1 aromatic carbocycles. The topological polar surface area (TPSA) is 93.5 Å². The zero-order valence-corrected chi connectivity index (χ0v) is 14.5. The van der Waals surface area contributed by atoms with Gasteiger partial charge in [0.25, 0.3) is 5.91 Å². The minimum Gasteiger partial charge on any atom is -0.452 e. The van der Waals surface area contributed by atoms with Crippen LogP contribution >= 0.6 is 0 Å². The number of aliphatic imine (C=N–C) groups is 1. The van der Waals surface area contributed by atoms with E-state index in [4.69, 9.17) is 10.2 Å². The zero-order chi connectivity index (χ0) is 18.3. The van der Waals surface area contributed by atoms with Crippen LogP contribution in [0.3, 0.4) is 0 Å². The average Bonchev–Trinajstić information content (AvgIpc) is 3.25. The van der Waals surface area contributed by atoms with Gasteiger partial charge in [0.2, 0.25) is 0 Å². The van der Waals surface area contributed by atoms with Crippen molar-refractivity contribution in [3.8, 4) is 11.3 Å². The minimum absolute atomic E-state index is 0.0600. The summed E-state index contributed by atoms with van der Waals surface area (Å²) in [5, 5.41) is 3.69. The number of carbonyl (C=O) groups excluding carboxylic acids is 1. The summed E-state index contributed by atoms with van der Waals surface area (Å²) in [4.78, 5) is 20.3. The van der Waals surface area contributed by atoms with Gasteiger partial charge in [-0.2, -0.15) is 0 Å². The van der Waals surface area contributed by atoms with Crippen molar-refractivity contribution in [1.82, 2.24) is 10.3 Å². The minimum atomic E-state index is -0.0600. The molecule has 2 aromatic heterocycles. The first-order chi connectivity index (χ1) is 12.6. The third-order valence-electron chi connectivity index (χ3n) is 4.56. The van der Waals surface area contributed by atoms with Crippen molar-refractivity contribution in [2.24, 2.45) is 4.99 Å². The molecule has 0 saturated carbocycles. The van der Waals surface area contributed by atoms with Gasteiger partial charge in [0.05, 0.1) is 0 Å². The summed E-state index contributed by atoms with van der Waals surface area (Å²) in [5.74, 6) is 0.917. The van der Waals surface area contributed by atoms with E-state index in [1.54, 1.807) is 19.5 Å². The standard InChI is InChI=1S/C20H18N4O2/c1-3-11(8-22-2)16-10-23-19(21)18-15(16)7-17(26-18)12-4-5-13-9-24-20(25)14(13)6-12/h3-8,10H,9H2,1-2H3,(H2,21,23)(H,24,25)/b11-3+,22-8?. The van der Waals surface area contributed by atoms with Crippen LogP contribution in [0.25, 0.3) is 27.9 Å². The molecule has 0 unspecified atom stereocenters. The van der Waals surface area contributed by atoms with E-state index in [1.165, 1.54) is 0 Å². The first-order valence-corrected chi connectivity index (χ1v) is 8.30. The Balaban J connectivity index is 1.90. The first kappa shape index (κ1) is 16.1. The summed E-state index contributed by atoms with van der Waals surface area (Å²) in [6, 6.07) is 7.68. The molecule has 1 aliphatic rings. The molecule has 0 bridgehead atoms. The van der Waals surface area contributed by atoms with Crippen molar-refractivity contribution < 1.29 is 9.21 Å². The molecule has 0 atom stereocenters. The van der Waals surface area contributed by atoms with Crippen molar-refractivity contribution in [3.05, 3.63) is 53.2 Å². The van der Waals surface area contributed by atoms with Crippen molar-refractivity contribution in [2.75, 3.05) is 12.8 Å². The number of aromatic nitrogens is 1. The van der Waals surface area contributed by atoms with Gasteiger partial charge in [-0.25, -0.2) is 4.98 Å². The van der Waals surface area contributed by atoms with Crippen LogP contribution in [0.1, 0.15) is 28.4 Å². The Morgan fingerprint density at radius 3 is 3.00 bits per heavy atom. The number of nitrogen functional groups attached to an aromatic ring is 1. The summed E-state index contributed by atoms with van der Waals surface area (Å²) in [6.07, 6.45) is 5.47. The number of nitrogens with one attached hydrogen (secondary N) is 1. The molecule has 0 radical (unpaired) electrons. The van der Waals surface area contributed by atoms with E-state index >= 15 is 0 Å². The lowest BCUT2D eigenvalue weighted by Crippen LogP contribution is -2.12. The largest absolute Gasteiger partial charge is 0.452 e. The van der Waals surface area contributed by atoms with Crippen LogP contribution in [0.15, 0.2) is 45.9 Å². The number of hydrogen-bond donors (Lipinski definition) is 2. The van der Waals surface area contributed by atoms with Crippen LogP contribution in [0.4, 0.5) is 5.82 Å². The normalized spacial score (nSPS) is 14.2. The number of allylic oxidation sites excluding steroid dienone is 2. The number of nitrogens with zero attached hydrogens (tertiary/aromatic N) is 2. The van der Waals surface area contributed by atoms with Gasteiger partial charge in [0, 0.05) is 48.1 Å². The Bertz CT molecular complexity index is 1090. The Morgan fingerprint density at radius 1 is 1.38 bits per heavy atom. The molecule has 3 heterocycles. The molecule has 0 aliphatic carbocycles. The highest BCUT2D eigenvalue weighted by Crippen LogP contribution is 2.35. The summed E-state index contributed by atoms with van der Waals surface area (Å²) in [5.41, 5.74) is 10.9. The lowest BCUT2D eigenvalue weighted by atomic mass is 10.0. The molecule has 26 heavy (non-hydrogen) atoms. The Labute approximate surface area is 150 Å². The number of pyridine rings is 1. The smallest absolute Gasteiger partial charge is 0.251 e.